The standard InChI is InChI=1S/C15H15N5O3/c1-20(2)15-16-6-9(7-17-15)18-14(22)10-4-3-5-11-13(10)23-8-12(21)19-11/h3-7H,8H2,1-2H3,(H,18,22)(H,19,21). The van der Waals surface area contributed by atoms with E-state index in [1.165, 1.54) is 12.4 Å². The number of anilines is 3. The average Bonchev–Trinajstić information content (AvgIpc) is 2.54. The highest BCUT2D eigenvalue weighted by Crippen LogP contribution is 2.31. The van der Waals surface area contributed by atoms with Crippen LogP contribution in [0.5, 0.6) is 5.75 Å². The van der Waals surface area contributed by atoms with Gasteiger partial charge in [0.05, 0.1) is 29.3 Å². The van der Waals surface area contributed by atoms with Gasteiger partial charge in [0.2, 0.25) is 5.95 Å². The van der Waals surface area contributed by atoms with E-state index in [0.29, 0.717) is 28.6 Å². The lowest BCUT2D eigenvalue weighted by molar-refractivity contribution is -0.118. The Hall–Kier alpha value is -3.16. The summed E-state index contributed by atoms with van der Waals surface area (Å²) in [6.45, 7) is -0.113. The van der Waals surface area contributed by atoms with Crippen LogP contribution in [0.2, 0.25) is 0 Å². The molecule has 3 rings (SSSR count). The SMILES string of the molecule is CN(C)c1ncc(NC(=O)c2cccc3c2OCC(=O)N3)cn1. The van der Waals surface area contributed by atoms with Crippen LogP contribution in [-0.2, 0) is 4.79 Å². The Morgan fingerprint density at radius 3 is 2.74 bits per heavy atom. The highest BCUT2D eigenvalue weighted by Gasteiger charge is 2.22. The van der Waals surface area contributed by atoms with Crippen LogP contribution in [0.4, 0.5) is 17.3 Å². The van der Waals surface area contributed by atoms with E-state index >= 15 is 0 Å². The maximum Gasteiger partial charge on any atom is 0.262 e. The van der Waals surface area contributed by atoms with Gasteiger partial charge in [-0.2, -0.15) is 0 Å². The zero-order valence-electron chi connectivity index (χ0n) is 12.7. The molecule has 23 heavy (non-hydrogen) atoms. The van der Waals surface area contributed by atoms with Crippen molar-refractivity contribution in [3.8, 4) is 5.75 Å². The summed E-state index contributed by atoms with van der Waals surface area (Å²) < 4.78 is 5.37. The van der Waals surface area contributed by atoms with Gasteiger partial charge in [0.25, 0.3) is 11.8 Å². The summed E-state index contributed by atoms with van der Waals surface area (Å²) in [5, 5.41) is 5.38. The third-order valence-electron chi connectivity index (χ3n) is 3.18. The fourth-order valence-corrected chi connectivity index (χ4v) is 2.11. The fourth-order valence-electron chi connectivity index (χ4n) is 2.11. The molecule has 8 nitrogen and oxygen atoms in total. The van der Waals surface area contributed by atoms with Crippen molar-refractivity contribution in [2.45, 2.75) is 0 Å². The van der Waals surface area contributed by atoms with Crippen LogP contribution in [0.3, 0.4) is 0 Å². The van der Waals surface area contributed by atoms with Gasteiger partial charge >= 0.3 is 0 Å². The molecule has 0 unspecified atom stereocenters. The second kappa shape index (κ2) is 5.91. The van der Waals surface area contributed by atoms with Crippen LogP contribution in [0.1, 0.15) is 10.4 Å². The van der Waals surface area contributed by atoms with Gasteiger partial charge in [-0.25, -0.2) is 9.97 Å². The third-order valence-corrected chi connectivity index (χ3v) is 3.18. The van der Waals surface area contributed by atoms with Gasteiger partial charge in [0, 0.05) is 14.1 Å². The second-order valence-electron chi connectivity index (χ2n) is 5.14. The first-order valence-corrected chi connectivity index (χ1v) is 6.91. The molecule has 0 radical (unpaired) electrons. The summed E-state index contributed by atoms with van der Waals surface area (Å²) in [5.74, 6) is 0.295. The summed E-state index contributed by atoms with van der Waals surface area (Å²) in [7, 11) is 3.66. The van der Waals surface area contributed by atoms with E-state index in [4.69, 9.17) is 4.74 Å². The van der Waals surface area contributed by atoms with E-state index in [9.17, 15) is 9.59 Å². The summed E-state index contributed by atoms with van der Waals surface area (Å²) in [5.41, 5.74) is 1.28. The van der Waals surface area contributed by atoms with E-state index in [0.717, 1.165) is 0 Å². The predicted molar refractivity (Wildman–Crippen MR) is 84.9 cm³/mol. The van der Waals surface area contributed by atoms with Crippen molar-refractivity contribution in [3.05, 3.63) is 36.2 Å². The molecule has 0 bridgehead atoms. The summed E-state index contributed by atoms with van der Waals surface area (Å²) in [6.07, 6.45) is 3.05. The smallest absolute Gasteiger partial charge is 0.262 e. The van der Waals surface area contributed by atoms with Gasteiger partial charge in [0.1, 0.15) is 0 Å². The number of carbonyl (C=O) groups is 2. The number of fused-ring (bicyclic) bond motifs is 1. The molecule has 1 aromatic heterocycles. The van der Waals surface area contributed by atoms with E-state index in [1.54, 1.807) is 23.1 Å². The molecule has 1 aromatic carbocycles. The minimum atomic E-state index is -0.362. The predicted octanol–water partition coefficient (Wildman–Crippen LogP) is 1.13. The van der Waals surface area contributed by atoms with Gasteiger partial charge in [-0.15, -0.1) is 0 Å². The lowest BCUT2D eigenvalue weighted by Crippen LogP contribution is -2.27. The lowest BCUT2D eigenvalue weighted by atomic mass is 10.1. The number of carbonyl (C=O) groups excluding carboxylic acids is 2. The highest BCUT2D eigenvalue weighted by atomic mass is 16.5. The quantitative estimate of drug-likeness (QED) is 0.881. The Bertz CT molecular complexity index is 758. The zero-order valence-corrected chi connectivity index (χ0v) is 12.7. The first kappa shape index (κ1) is 14.8. The number of rotatable bonds is 3. The maximum absolute atomic E-state index is 12.4. The molecule has 0 saturated carbocycles. The van der Waals surface area contributed by atoms with Crippen LogP contribution in [0.25, 0.3) is 0 Å². The fraction of sp³-hybridized carbons (Fsp3) is 0.200. The molecule has 1 aliphatic heterocycles. The molecular formula is C15H15N5O3. The topological polar surface area (TPSA) is 96.5 Å². The number of para-hydroxylation sites is 1. The van der Waals surface area contributed by atoms with Gasteiger partial charge in [-0.05, 0) is 12.1 Å². The number of hydrogen-bond acceptors (Lipinski definition) is 6. The molecule has 1 aliphatic rings. The van der Waals surface area contributed by atoms with Gasteiger partial charge in [-0.1, -0.05) is 6.07 Å². The Morgan fingerprint density at radius 2 is 2.04 bits per heavy atom. The summed E-state index contributed by atoms with van der Waals surface area (Å²) in [6, 6.07) is 4.98. The van der Waals surface area contributed by atoms with E-state index in [1.807, 2.05) is 14.1 Å². The monoisotopic (exact) mass is 313 g/mol. The number of nitrogens with one attached hydrogen (secondary N) is 2. The van der Waals surface area contributed by atoms with Crippen LogP contribution >= 0.6 is 0 Å². The molecule has 2 heterocycles. The third kappa shape index (κ3) is 3.05. The number of amides is 2. The van der Waals surface area contributed by atoms with Gasteiger partial charge in [0.15, 0.2) is 12.4 Å². The number of hydrogen-bond donors (Lipinski definition) is 2. The van der Waals surface area contributed by atoms with E-state index < -0.39 is 0 Å². The second-order valence-corrected chi connectivity index (χ2v) is 5.14. The van der Waals surface area contributed by atoms with Crippen molar-refractivity contribution in [1.29, 1.82) is 0 Å². The molecule has 0 spiro atoms. The average molecular weight is 313 g/mol. The molecule has 2 amide bonds. The first-order valence-electron chi connectivity index (χ1n) is 6.91. The lowest BCUT2D eigenvalue weighted by Gasteiger charge is -2.20. The van der Waals surface area contributed by atoms with Crippen LogP contribution in [0.15, 0.2) is 30.6 Å². The molecule has 118 valence electrons. The Morgan fingerprint density at radius 1 is 1.30 bits per heavy atom. The first-order chi connectivity index (χ1) is 11.0. The number of ether oxygens (including phenoxy) is 1. The maximum atomic E-state index is 12.4. The molecule has 0 aliphatic carbocycles. The van der Waals surface area contributed by atoms with Crippen molar-refractivity contribution in [2.75, 3.05) is 36.2 Å². The van der Waals surface area contributed by atoms with Crippen LogP contribution in [0, 0.1) is 0 Å². The van der Waals surface area contributed by atoms with Crippen molar-refractivity contribution >= 4 is 29.1 Å². The highest BCUT2D eigenvalue weighted by molar-refractivity contribution is 6.09. The molecule has 0 fully saturated rings. The normalized spacial score (nSPS) is 12.7. The Balaban J connectivity index is 1.81. The molecule has 0 atom stereocenters. The minimum absolute atomic E-state index is 0.113. The number of nitrogens with zero attached hydrogens (tertiary/aromatic N) is 3. The molecular weight excluding hydrogens is 298 g/mol. The van der Waals surface area contributed by atoms with Gasteiger partial charge in [-0.3, -0.25) is 9.59 Å². The summed E-state index contributed by atoms with van der Waals surface area (Å²) >= 11 is 0. The van der Waals surface area contributed by atoms with Crippen molar-refractivity contribution < 1.29 is 14.3 Å². The van der Waals surface area contributed by atoms with Crippen molar-refractivity contribution in [2.24, 2.45) is 0 Å². The van der Waals surface area contributed by atoms with Gasteiger partial charge < -0.3 is 20.3 Å². The van der Waals surface area contributed by atoms with E-state index in [-0.39, 0.29) is 18.4 Å². The number of benzene rings is 1. The largest absolute Gasteiger partial charge is 0.481 e. The minimum Gasteiger partial charge on any atom is -0.481 e. The van der Waals surface area contributed by atoms with Crippen molar-refractivity contribution in [3.63, 3.8) is 0 Å². The summed E-state index contributed by atoms with van der Waals surface area (Å²) in [4.78, 5) is 33.8. The zero-order chi connectivity index (χ0) is 16.4. The molecule has 0 saturated heterocycles. The van der Waals surface area contributed by atoms with E-state index in [2.05, 4.69) is 20.6 Å². The van der Waals surface area contributed by atoms with Crippen molar-refractivity contribution in [1.82, 2.24) is 9.97 Å². The molecule has 8 heteroatoms. The Kier molecular flexibility index (Phi) is 3.80. The molecule has 2 aromatic rings. The molecule has 2 N–H and O–H groups in total. The van der Waals surface area contributed by atoms with Crippen LogP contribution in [-0.4, -0.2) is 42.5 Å². The number of aromatic nitrogens is 2. The van der Waals surface area contributed by atoms with Crippen LogP contribution < -0.4 is 20.3 Å². The Labute approximate surface area is 132 Å².